The lowest BCUT2D eigenvalue weighted by Gasteiger charge is -2.37. The Balaban J connectivity index is 1.28. The minimum Gasteiger partial charge on any atom is -0.414 e. The maximum atomic E-state index is 12.8. The summed E-state index contributed by atoms with van der Waals surface area (Å²) < 4.78 is 37.8. The normalized spacial score (nSPS) is 21.0. The van der Waals surface area contributed by atoms with Crippen LogP contribution in [0, 0.1) is 6.92 Å². The molecule has 14 heteroatoms. The van der Waals surface area contributed by atoms with Gasteiger partial charge in [-0.2, -0.15) is 0 Å². The van der Waals surface area contributed by atoms with E-state index in [9.17, 15) is 23.7 Å². The van der Waals surface area contributed by atoms with E-state index in [4.69, 9.17) is 18.2 Å². The van der Waals surface area contributed by atoms with E-state index in [1.54, 1.807) is 31.2 Å². The maximum absolute atomic E-state index is 12.8. The van der Waals surface area contributed by atoms with Crippen LogP contribution in [0.25, 0.3) is 0 Å². The van der Waals surface area contributed by atoms with Crippen molar-refractivity contribution in [2.45, 2.75) is 89.9 Å². The van der Waals surface area contributed by atoms with Crippen molar-refractivity contribution in [3.63, 3.8) is 0 Å². The van der Waals surface area contributed by atoms with Gasteiger partial charge in [0, 0.05) is 29.3 Å². The lowest BCUT2D eigenvalue weighted by Crippen LogP contribution is -2.44. The number of aryl methyl sites for hydroxylation is 1. The Morgan fingerprint density at radius 3 is 2.33 bits per heavy atom. The molecule has 1 saturated heterocycles. The van der Waals surface area contributed by atoms with Gasteiger partial charge in [-0.05, 0) is 56.5 Å². The van der Waals surface area contributed by atoms with Crippen molar-refractivity contribution in [1.29, 1.82) is 0 Å². The van der Waals surface area contributed by atoms with E-state index < -0.39 is 46.3 Å². The predicted molar refractivity (Wildman–Crippen MR) is 162 cm³/mol. The molecule has 0 radical (unpaired) electrons. The smallest absolute Gasteiger partial charge is 0.414 e. The lowest BCUT2D eigenvalue weighted by atomic mass is 10.1. The number of imide groups is 1. The van der Waals surface area contributed by atoms with Crippen LogP contribution in [-0.4, -0.2) is 66.5 Å². The number of benzene rings is 1. The number of rotatable bonds is 13. The second-order valence-electron chi connectivity index (χ2n) is 12.5. The third-order valence-electron chi connectivity index (χ3n) is 8.37. The molecule has 0 spiro atoms. The summed E-state index contributed by atoms with van der Waals surface area (Å²) in [7, 11) is -4.64. The molecule has 43 heavy (non-hydrogen) atoms. The first kappa shape index (κ1) is 33.1. The lowest BCUT2D eigenvalue weighted by molar-refractivity contribution is -0.0403. The molecule has 2 amide bonds. The highest BCUT2D eigenvalue weighted by Gasteiger charge is 2.46. The van der Waals surface area contributed by atoms with Gasteiger partial charge in [0.05, 0.1) is 17.7 Å². The van der Waals surface area contributed by atoms with Crippen LogP contribution in [0.2, 0.25) is 18.1 Å². The molecular formula is C29H41N3O9PSi+. The van der Waals surface area contributed by atoms with Gasteiger partial charge in [-0.1, -0.05) is 32.9 Å². The van der Waals surface area contributed by atoms with E-state index in [2.05, 4.69) is 38.8 Å². The first-order chi connectivity index (χ1) is 20.2. The third kappa shape index (κ3) is 7.65. The number of H-pyrrole nitrogens is 1. The van der Waals surface area contributed by atoms with Crippen LogP contribution in [0.3, 0.4) is 0 Å². The molecule has 3 heterocycles. The van der Waals surface area contributed by atoms with Gasteiger partial charge < -0.3 is 9.16 Å². The quantitative estimate of drug-likeness (QED) is 0.144. The summed E-state index contributed by atoms with van der Waals surface area (Å²) in [5.74, 6) is -0.562. The maximum Gasteiger partial charge on any atom is 0.697 e. The van der Waals surface area contributed by atoms with Crippen LogP contribution in [-0.2, 0) is 22.8 Å². The van der Waals surface area contributed by atoms with E-state index >= 15 is 0 Å². The Hall–Kier alpha value is -2.80. The number of carbonyl (C=O) groups excluding carboxylic acids is 2. The summed E-state index contributed by atoms with van der Waals surface area (Å²) in [6.45, 7) is 12.9. The highest BCUT2D eigenvalue weighted by Crippen LogP contribution is 2.40. The van der Waals surface area contributed by atoms with Gasteiger partial charge in [0.25, 0.3) is 17.4 Å². The highest BCUT2D eigenvalue weighted by molar-refractivity contribution is 7.33. The number of nitrogens with one attached hydrogen (secondary N) is 1. The minimum absolute atomic E-state index is 0.0398. The molecule has 12 nitrogen and oxygen atoms in total. The summed E-state index contributed by atoms with van der Waals surface area (Å²) in [6.07, 6.45) is 1.42. The van der Waals surface area contributed by atoms with E-state index in [0.29, 0.717) is 42.5 Å². The molecule has 2 aliphatic heterocycles. The van der Waals surface area contributed by atoms with Gasteiger partial charge in [0.15, 0.2) is 8.32 Å². The highest BCUT2D eigenvalue weighted by atomic mass is 31.1. The van der Waals surface area contributed by atoms with E-state index in [0.717, 1.165) is 0 Å². The number of ether oxygens (including phenoxy) is 1. The van der Waals surface area contributed by atoms with Gasteiger partial charge >= 0.3 is 13.9 Å². The molecule has 2 aromatic rings. The van der Waals surface area contributed by atoms with Gasteiger partial charge in [-0.25, -0.2) is 4.79 Å². The second-order valence-corrected chi connectivity index (χ2v) is 18.2. The Bertz CT molecular complexity index is 1450. The molecule has 1 unspecified atom stereocenters. The Labute approximate surface area is 252 Å². The number of hydrogen-bond acceptors (Lipinski definition) is 9. The fourth-order valence-electron chi connectivity index (χ4n) is 4.71. The van der Waals surface area contributed by atoms with Crippen molar-refractivity contribution in [3.05, 3.63) is 68.0 Å². The third-order valence-corrected chi connectivity index (χ3v) is 13.7. The number of aromatic amines is 1. The van der Waals surface area contributed by atoms with Crippen molar-refractivity contribution < 1.29 is 32.4 Å². The van der Waals surface area contributed by atoms with Crippen molar-refractivity contribution in [2.75, 3.05) is 19.8 Å². The Kier molecular flexibility index (Phi) is 10.4. The van der Waals surface area contributed by atoms with Crippen LogP contribution >= 0.6 is 8.25 Å². The topological polar surface area (TPSA) is 146 Å². The summed E-state index contributed by atoms with van der Waals surface area (Å²) in [4.78, 5) is 52.9. The number of fused-ring (bicyclic) bond motifs is 1. The number of hydrogen-bond donors (Lipinski definition) is 1. The molecule has 2 aliphatic rings. The minimum atomic E-state index is -2.50. The largest absolute Gasteiger partial charge is 0.697 e. The zero-order chi connectivity index (χ0) is 31.5. The average molecular weight is 635 g/mol. The van der Waals surface area contributed by atoms with Crippen LogP contribution in [0.15, 0.2) is 40.1 Å². The van der Waals surface area contributed by atoms with Crippen LogP contribution < -0.4 is 11.2 Å². The fourth-order valence-corrected chi connectivity index (χ4v) is 6.51. The van der Waals surface area contributed by atoms with E-state index in [1.807, 2.05) is 0 Å². The van der Waals surface area contributed by atoms with Crippen LogP contribution in [0.4, 0.5) is 0 Å². The Morgan fingerprint density at radius 2 is 1.70 bits per heavy atom. The van der Waals surface area contributed by atoms with Crippen molar-refractivity contribution in [3.8, 4) is 0 Å². The second kappa shape index (κ2) is 13.5. The Morgan fingerprint density at radius 1 is 1.05 bits per heavy atom. The molecule has 1 N–H and O–H groups in total. The molecular weight excluding hydrogens is 593 g/mol. The van der Waals surface area contributed by atoms with Gasteiger partial charge in [-0.3, -0.25) is 28.8 Å². The number of unbranched alkanes of at least 4 members (excludes halogenated alkanes) is 2. The molecule has 0 saturated carbocycles. The van der Waals surface area contributed by atoms with Crippen molar-refractivity contribution >= 4 is 28.4 Å². The molecule has 1 fully saturated rings. The van der Waals surface area contributed by atoms with Gasteiger partial charge in [0.1, 0.15) is 25.0 Å². The van der Waals surface area contributed by atoms with Crippen molar-refractivity contribution in [2.24, 2.45) is 0 Å². The number of nitrogens with zero attached hydrogens (tertiary/aromatic N) is 2. The average Bonchev–Trinajstić information content (AvgIpc) is 3.44. The SMILES string of the molecule is Cc1cn([C@H]2C[C@H](O[P+](=O)OCCCCCN3C(=O)c4ccccc4C3=O)[C@@H](CO[Si](C)(C)C(C)(C)C)O2)c(=O)[nH]c1=O. The standard InChI is InChI=1S/C29H40N3O9PSi/c1-19-17-32(28(36)30-25(19)33)24-16-22(23(40-24)18-39-43(5,6)29(2,3)4)41-42(37)38-15-11-7-10-14-31-26(34)20-12-8-9-13-21(20)27(31)35/h8-9,12-13,17,22-24H,7,10-11,14-16,18H2,1-6H3/p+1/t22-,23+,24+/m0/s1. The van der Waals surface area contributed by atoms with E-state index in [1.165, 1.54) is 15.7 Å². The zero-order valence-corrected chi connectivity index (χ0v) is 27.5. The number of carbonyl (C=O) groups is 2. The molecule has 234 valence electrons. The molecule has 0 aliphatic carbocycles. The van der Waals surface area contributed by atoms with E-state index in [-0.39, 0.29) is 36.5 Å². The number of amides is 2. The fraction of sp³-hybridized carbons (Fsp3) is 0.586. The van der Waals surface area contributed by atoms with Crippen LogP contribution in [0.5, 0.6) is 0 Å². The van der Waals surface area contributed by atoms with Crippen LogP contribution in [0.1, 0.15) is 79.0 Å². The summed E-state index contributed by atoms with van der Waals surface area (Å²) in [5.41, 5.74) is 0.143. The first-order valence-corrected chi connectivity index (χ1v) is 18.5. The predicted octanol–water partition coefficient (Wildman–Crippen LogP) is 4.68. The zero-order valence-electron chi connectivity index (χ0n) is 25.6. The van der Waals surface area contributed by atoms with Gasteiger partial charge in [0.2, 0.25) is 0 Å². The molecule has 1 aromatic carbocycles. The monoisotopic (exact) mass is 634 g/mol. The number of aromatic nitrogens is 2. The first-order valence-electron chi connectivity index (χ1n) is 14.5. The molecule has 4 rings (SSSR count). The van der Waals surface area contributed by atoms with Crippen molar-refractivity contribution in [1.82, 2.24) is 14.5 Å². The summed E-state index contributed by atoms with van der Waals surface area (Å²) >= 11 is 0. The summed E-state index contributed by atoms with van der Waals surface area (Å²) in [5, 5.41) is -0.0398. The molecule has 0 bridgehead atoms. The molecule has 4 atom stereocenters. The summed E-state index contributed by atoms with van der Waals surface area (Å²) in [6, 6.07) is 6.78. The molecule has 1 aromatic heterocycles. The van der Waals surface area contributed by atoms with Gasteiger partial charge in [-0.15, -0.1) is 9.05 Å².